The van der Waals surface area contributed by atoms with Crippen LogP contribution in [-0.2, 0) is 0 Å². The normalized spacial score (nSPS) is 10.2. The Morgan fingerprint density at radius 3 is 2.62 bits per heavy atom. The van der Waals surface area contributed by atoms with E-state index in [1.54, 1.807) is 42.5 Å². The van der Waals surface area contributed by atoms with Gasteiger partial charge in [0.05, 0.1) is 0 Å². The molecule has 1 amide bonds. The number of carbonyl (C=O) groups is 1. The van der Waals surface area contributed by atoms with Crippen molar-refractivity contribution in [1.29, 1.82) is 0 Å². The largest absolute Gasteiger partial charge is 0.492 e. The zero-order valence-corrected chi connectivity index (χ0v) is 12.5. The van der Waals surface area contributed by atoms with Crippen LogP contribution >= 0.6 is 11.6 Å². The average molecular weight is 305 g/mol. The summed E-state index contributed by atoms with van der Waals surface area (Å²) in [5.41, 5.74) is 7.39. The lowest BCUT2D eigenvalue weighted by Crippen LogP contribution is -2.13. The molecule has 0 aliphatic rings. The number of halogens is 1. The number of benzene rings is 2. The van der Waals surface area contributed by atoms with Gasteiger partial charge in [0.25, 0.3) is 5.91 Å². The minimum Gasteiger partial charge on any atom is -0.492 e. The Kier molecular flexibility index (Phi) is 5.20. The lowest BCUT2D eigenvalue weighted by atomic mass is 10.1. The number of carbonyl (C=O) groups excluding carboxylic acids is 1. The van der Waals surface area contributed by atoms with E-state index in [4.69, 9.17) is 22.1 Å². The highest BCUT2D eigenvalue weighted by Crippen LogP contribution is 2.21. The lowest BCUT2D eigenvalue weighted by molar-refractivity contribution is 0.102. The number of anilines is 1. The second-order valence-corrected chi connectivity index (χ2v) is 4.94. The molecule has 0 bridgehead atoms. The molecule has 0 spiro atoms. The molecule has 2 aromatic carbocycles. The van der Waals surface area contributed by atoms with E-state index in [-0.39, 0.29) is 5.91 Å². The topological polar surface area (TPSA) is 64.3 Å². The molecule has 0 saturated heterocycles. The van der Waals surface area contributed by atoms with E-state index in [0.29, 0.717) is 29.4 Å². The van der Waals surface area contributed by atoms with Crippen molar-refractivity contribution >= 4 is 23.2 Å². The first-order valence-electron chi connectivity index (χ1n) is 6.61. The Balaban J connectivity index is 2.07. The zero-order valence-electron chi connectivity index (χ0n) is 11.7. The first kappa shape index (κ1) is 15.4. The van der Waals surface area contributed by atoms with Gasteiger partial charge in [0, 0.05) is 22.8 Å². The average Bonchev–Trinajstić information content (AvgIpc) is 2.49. The van der Waals surface area contributed by atoms with Crippen molar-refractivity contribution in [2.45, 2.75) is 6.92 Å². The summed E-state index contributed by atoms with van der Waals surface area (Å²) in [5, 5.41) is 3.41. The highest BCUT2D eigenvalue weighted by atomic mass is 35.5. The molecule has 4 nitrogen and oxygen atoms in total. The van der Waals surface area contributed by atoms with Gasteiger partial charge in [-0.25, -0.2) is 0 Å². The molecule has 110 valence electrons. The third-order valence-electron chi connectivity index (χ3n) is 3.01. The standard InChI is InChI=1S/C16H17ClN2O2/c1-11-14(3-2-4-15(11)17)16(20)19-12-5-7-13(8-6-12)21-10-9-18/h2-8H,9-10,18H2,1H3,(H,19,20). The Morgan fingerprint density at radius 2 is 1.95 bits per heavy atom. The molecule has 0 heterocycles. The predicted octanol–water partition coefficient (Wildman–Crippen LogP) is 3.24. The quantitative estimate of drug-likeness (QED) is 0.891. The van der Waals surface area contributed by atoms with E-state index >= 15 is 0 Å². The maximum Gasteiger partial charge on any atom is 0.255 e. The zero-order chi connectivity index (χ0) is 15.2. The van der Waals surface area contributed by atoms with Crippen molar-refractivity contribution < 1.29 is 9.53 Å². The van der Waals surface area contributed by atoms with Crippen LogP contribution in [0.4, 0.5) is 5.69 Å². The molecule has 0 atom stereocenters. The van der Waals surface area contributed by atoms with Gasteiger partial charge in [-0.2, -0.15) is 0 Å². The van der Waals surface area contributed by atoms with Crippen molar-refractivity contribution in [3.8, 4) is 5.75 Å². The summed E-state index contributed by atoms with van der Waals surface area (Å²) in [6.07, 6.45) is 0. The molecule has 2 aromatic rings. The van der Waals surface area contributed by atoms with Crippen LogP contribution in [-0.4, -0.2) is 19.1 Å². The number of nitrogens with one attached hydrogen (secondary N) is 1. The van der Waals surface area contributed by atoms with Crippen LogP contribution in [0.5, 0.6) is 5.75 Å². The Labute approximate surface area is 128 Å². The Morgan fingerprint density at radius 1 is 1.24 bits per heavy atom. The van der Waals surface area contributed by atoms with Crippen molar-refractivity contribution in [1.82, 2.24) is 0 Å². The van der Waals surface area contributed by atoms with E-state index in [2.05, 4.69) is 5.32 Å². The molecule has 0 unspecified atom stereocenters. The predicted molar refractivity (Wildman–Crippen MR) is 85.1 cm³/mol. The van der Waals surface area contributed by atoms with Crippen molar-refractivity contribution in [3.05, 3.63) is 58.6 Å². The van der Waals surface area contributed by atoms with Crippen LogP contribution in [0.1, 0.15) is 15.9 Å². The molecule has 21 heavy (non-hydrogen) atoms. The van der Waals surface area contributed by atoms with Gasteiger partial charge in [-0.1, -0.05) is 17.7 Å². The molecule has 2 rings (SSSR count). The summed E-state index contributed by atoms with van der Waals surface area (Å²) in [4.78, 5) is 12.2. The van der Waals surface area contributed by atoms with Gasteiger partial charge in [-0.05, 0) is 48.9 Å². The van der Waals surface area contributed by atoms with Gasteiger partial charge >= 0.3 is 0 Å². The molecular formula is C16H17ClN2O2. The van der Waals surface area contributed by atoms with Crippen LogP contribution in [0.15, 0.2) is 42.5 Å². The summed E-state index contributed by atoms with van der Waals surface area (Å²) >= 11 is 6.02. The fourth-order valence-corrected chi connectivity index (χ4v) is 2.04. The molecule has 0 aromatic heterocycles. The molecule has 0 aliphatic carbocycles. The van der Waals surface area contributed by atoms with E-state index in [0.717, 1.165) is 11.3 Å². The summed E-state index contributed by atoms with van der Waals surface area (Å²) in [7, 11) is 0. The van der Waals surface area contributed by atoms with Gasteiger partial charge in [-0.15, -0.1) is 0 Å². The molecule has 0 fully saturated rings. The van der Waals surface area contributed by atoms with E-state index in [1.165, 1.54) is 0 Å². The monoisotopic (exact) mass is 304 g/mol. The van der Waals surface area contributed by atoms with E-state index < -0.39 is 0 Å². The SMILES string of the molecule is Cc1c(Cl)cccc1C(=O)Nc1ccc(OCCN)cc1. The summed E-state index contributed by atoms with van der Waals surface area (Å²) < 4.78 is 5.38. The first-order chi connectivity index (χ1) is 10.1. The van der Waals surface area contributed by atoms with Crippen molar-refractivity contribution in [2.24, 2.45) is 5.73 Å². The molecule has 0 aliphatic heterocycles. The Bertz CT molecular complexity index is 627. The van der Waals surface area contributed by atoms with Gasteiger partial charge < -0.3 is 15.8 Å². The minimum atomic E-state index is -0.189. The molecular weight excluding hydrogens is 288 g/mol. The highest BCUT2D eigenvalue weighted by Gasteiger charge is 2.11. The van der Waals surface area contributed by atoms with E-state index in [1.807, 2.05) is 6.92 Å². The fraction of sp³-hybridized carbons (Fsp3) is 0.188. The second kappa shape index (κ2) is 7.11. The summed E-state index contributed by atoms with van der Waals surface area (Å²) in [6, 6.07) is 12.4. The van der Waals surface area contributed by atoms with Crippen LogP contribution in [0.2, 0.25) is 5.02 Å². The van der Waals surface area contributed by atoms with E-state index in [9.17, 15) is 4.79 Å². The van der Waals surface area contributed by atoms with Crippen LogP contribution in [0, 0.1) is 6.92 Å². The van der Waals surface area contributed by atoms with Gasteiger partial charge in [0.15, 0.2) is 0 Å². The maximum atomic E-state index is 12.2. The minimum absolute atomic E-state index is 0.189. The smallest absolute Gasteiger partial charge is 0.255 e. The number of rotatable bonds is 5. The molecule has 0 saturated carbocycles. The van der Waals surface area contributed by atoms with Crippen LogP contribution in [0.25, 0.3) is 0 Å². The van der Waals surface area contributed by atoms with Crippen molar-refractivity contribution in [3.63, 3.8) is 0 Å². The second-order valence-electron chi connectivity index (χ2n) is 4.53. The third-order valence-corrected chi connectivity index (χ3v) is 3.42. The van der Waals surface area contributed by atoms with Crippen LogP contribution in [0.3, 0.4) is 0 Å². The van der Waals surface area contributed by atoms with Gasteiger partial charge in [0.1, 0.15) is 12.4 Å². The molecule has 0 radical (unpaired) electrons. The van der Waals surface area contributed by atoms with Crippen molar-refractivity contribution in [2.75, 3.05) is 18.5 Å². The van der Waals surface area contributed by atoms with Gasteiger partial charge in [0.2, 0.25) is 0 Å². The molecule has 3 N–H and O–H groups in total. The number of ether oxygens (including phenoxy) is 1. The number of amides is 1. The summed E-state index contributed by atoms with van der Waals surface area (Å²) in [6.45, 7) is 2.75. The number of hydrogen-bond acceptors (Lipinski definition) is 3. The van der Waals surface area contributed by atoms with Gasteiger partial charge in [-0.3, -0.25) is 4.79 Å². The lowest BCUT2D eigenvalue weighted by Gasteiger charge is -2.10. The highest BCUT2D eigenvalue weighted by molar-refractivity contribution is 6.32. The molecule has 5 heteroatoms. The number of hydrogen-bond donors (Lipinski definition) is 2. The first-order valence-corrected chi connectivity index (χ1v) is 6.99. The third kappa shape index (κ3) is 3.97. The van der Waals surface area contributed by atoms with Crippen LogP contribution < -0.4 is 15.8 Å². The maximum absolute atomic E-state index is 12.2. The number of nitrogens with two attached hydrogens (primary N) is 1. The Hall–Kier alpha value is -2.04. The summed E-state index contributed by atoms with van der Waals surface area (Å²) in [5.74, 6) is 0.531. The fourth-order valence-electron chi connectivity index (χ4n) is 1.86.